The van der Waals surface area contributed by atoms with Gasteiger partial charge < -0.3 is 5.11 Å². The number of aliphatic imine (C=N–C) groups is 1. The van der Waals surface area contributed by atoms with Crippen molar-refractivity contribution < 1.29 is 14.7 Å². The van der Waals surface area contributed by atoms with Crippen molar-refractivity contribution in [2.24, 2.45) is 16.8 Å². The molecule has 2 amide bonds. The van der Waals surface area contributed by atoms with E-state index in [4.69, 9.17) is 0 Å². The second-order valence-corrected chi connectivity index (χ2v) is 6.02. The number of fused-ring (bicyclic) bond motifs is 1. The first-order chi connectivity index (χ1) is 11.7. The van der Waals surface area contributed by atoms with Crippen molar-refractivity contribution in [3.05, 3.63) is 66.2 Å². The summed E-state index contributed by atoms with van der Waals surface area (Å²) in [4.78, 5) is 31.1. The number of para-hydroxylation sites is 1. The molecule has 3 atom stereocenters. The van der Waals surface area contributed by atoms with Crippen molar-refractivity contribution in [2.75, 3.05) is 11.4 Å². The van der Waals surface area contributed by atoms with Crippen LogP contribution in [-0.4, -0.2) is 35.3 Å². The SMILES string of the molecule is O=C1C2CN=C(c3ccccc3)C(O)C2C(=O)N1c1ccccc1. The molecule has 2 aliphatic heterocycles. The third kappa shape index (κ3) is 2.17. The number of amides is 2. The molecule has 5 nitrogen and oxygen atoms in total. The van der Waals surface area contributed by atoms with Crippen LogP contribution < -0.4 is 4.90 Å². The topological polar surface area (TPSA) is 70.0 Å². The molecule has 2 aromatic carbocycles. The molecule has 0 radical (unpaired) electrons. The lowest BCUT2D eigenvalue weighted by molar-refractivity contribution is -0.123. The monoisotopic (exact) mass is 320 g/mol. The molecular formula is C19H16N2O3. The maximum Gasteiger partial charge on any atom is 0.240 e. The minimum Gasteiger partial charge on any atom is -0.386 e. The number of carbonyl (C=O) groups excluding carboxylic acids is 2. The fourth-order valence-corrected chi connectivity index (χ4v) is 3.46. The third-order valence-corrected chi connectivity index (χ3v) is 4.64. The Bertz CT molecular complexity index is 817. The number of hydrogen-bond donors (Lipinski definition) is 1. The second-order valence-electron chi connectivity index (χ2n) is 6.02. The van der Waals surface area contributed by atoms with Crippen LogP contribution in [0.4, 0.5) is 5.69 Å². The largest absolute Gasteiger partial charge is 0.386 e. The lowest BCUT2D eigenvalue weighted by Crippen LogP contribution is -2.42. The fourth-order valence-electron chi connectivity index (χ4n) is 3.46. The van der Waals surface area contributed by atoms with Crippen molar-refractivity contribution in [3.63, 3.8) is 0 Å². The van der Waals surface area contributed by atoms with Crippen molar-refractivity contribution in [2.45, 2.75) is 6.10 Å². The first-order valence-electron chi connectivity index (χ1n) is 7.89. The molecule has 2 heterocycles. The number of carbonyl (C=O) groups is 2. The van der Waals surface area contributed by atoms with Crippen LogP contribution in [0.25, 0.3) is 0 Å². The molecular weight excluding hydrogens is 304 g/mol. The van der Waals surface area contributed by atoms with E-state index < -0.39 is 17.9 Å². The van der Waals surface area contributed by atoms with Gasteiger partial charge in [-0.05, 0) is 17.7 Å². The summed E-state index contributed by atoms with van der Waals surface area (Å²) in [7, 11) is 0. The highest BCUT2D eigenvalue weighted by molar-refractivity contribution is 6.24. The molecule has 0 bridgehead atoms. The summed E-state index contributed by atoms with van der Waals surface area (Å²) in [5.41, 5.74) is 1.80. The van der Waals surface area contributed by atoms with Gasteiger partial charge in [0.25, 0.3) is 0 Å². The molecule has 120 valence electrons. The Morgan fingerprint density at radius 3 is 2.21 bits per heavy atom. The van der Waals surface area contributed by atoms with E-state index in [-0.39, 0.29) is 18.4 Å². The van der Waals surface area contributed by atoms with Gasteiger partial charge in [-0.15, -0.1) is 0 Å². The Kier molecular flexibility index (Phi) is 3.50. The molecule has 3 unspecified atom stereocenters. The molecule has 1 N–H and O–H groups in total. The van der Waals surface area contributed by atoms with Gasteiger partial charge in [-0.1, -0.05) is 48.5 Å². The standard InChI is InChI=1S/C19H16N2O3/c22-17-15-14(11-20-16(17)12-7-3-1-4-8-12)18(23)21(19(15)24)13-9-5-2-6-10-13/h1-10,14-15,17,22H,11H2. The fraction of sp³-hybridized carbons (Fsp3) is 0.211. The molecule has 5 heteroatoms. The van der Waals surface area contributed by atoms with E-state index in [1.165, 1.54) is 4.90 Å². The van der Waals surface area contributed by atoms with E-state index in [0.29, 0.717) is 11.4 Å². The van der Waals surface area contributed by atoms with Crippen molar-refractivity contribution in [3.8, 4) is 0 Å². The average Bonchev–Trinajstić information content (AvgIpc) is 2.88. The van der Waals surface area contributed by atoms with Crippen LogP contribution in [0, 0.1) is 11.8 Å². The van der Waals surface area contributed by atoms with Crippen molar-refractivity contribution in [1.82, 2.24) is 0 Å². The lowest BCUT2D eigenvalue weighted by atomic mass is 9.83. The van der Waals surface area contributed by atoms with Gasteiger partial charge in [0.15, 0.2) is 0 Å². The van der Waals surface area contributed by atoms with E-state index in [2.05, 4.69) is 4.99 Å². The maximum atomic E-state index is 12.8. The van der Waals surface area contributed by atoms with Crippen molar-refractivity contribution >= 4 is 23.2 Å². The number of benzene rings is 2. The molecule has 0 aliphatic carbocycles. The van der Waals surface area contributed by atoms with Crippen LogP contribution in [0.3, 0.4) is 0 Å². The molecule has 4 rings (SSSR count). The Balaban J connectivity index is 1.70. The number of aliphatic hydroxyl groups is 1. The van der Waals surface area contributed by atoms with Crippen molar-refractivity contribution in [1.29, 1.82) is 0 Å². The summed E-state index contributed by atoms with van der Waals surface area (Å²) >= 11 is 0. The van der Waals surface area contributed by atoms with Crippen LogP contribution in [0.1, 0.15) is 5.56 Å². The van der Waals surface area contributed by atoms with Gasteiger partial charge in [0.2, 0.25) is 11.8 Å². The smallest absolute Gasteiger partial charge is 0.240 e. The normalized spacial score (nSPS) is 26.3. The Labute approximate surface area is 139 Å². The van der Waals surface area contributed by atoms with Gasteiger partial charge in [0.05, 0.1) is 29.8 Å². The number of rotatable bonds is 2. The van der Waals surface area contributed by atoms with Gasteiger partial charge in [0.1, 0.15) is 6.10 Å². The minimum atomic E-state index is -1.07. The maximum absolute atomic E-state index is 12.8. The zero-order valence-electron chi connectivity index (χ0n) is 12.9. The first-order valence-corrected chi connectivity index (χ1v) is 7.89. The van der Waals surface area contributed by atoms with E-state index >= 15 is 0 Å². The number of imide groups is 1. The Morgan fingerprint density at radius 1 is 0.917 bits per heavy atom. The summed E-state index contributed by atoms with van der Waals surface area (Å²) in [6.07, 6.45) is -1.07. The highest BCUT2D eigenvalue weighted by Crippen LogP contribution is 2.36. The van der Waals surface area contributed by atoms with Gasteiger partial charge >= 0.3 is 0 Å². The minimum absolute atomic E-state index is 0.222. The van der Waals surface area contributed by atoms with Gasteiger partial charge in [-0.3, -0.25) is 14.6 Å². The van der Waals surface area contributed by atoms with E-state index in [9.17, 15) is 14.7 Å². The molecule has 24 heavy (non-hydrogen) atoms. The number of hydrogen-bond acceptors (Lipinski definition) is 4. The average molecular weight is 320 g/mol. The third-order valence-electron chi connectivity index (χ3n) is 4.64. The first kappa shape index (κ1) is 14.8. The molecule has 0 aromatic heterocycles. The summed E-state index contributed by atoms with van der Waals surface area (Å²) in [5, 5.41) is 10.7. The molecule has 0 spiro atoms. The predicted octanol–water partition coefficient (Wildman–Crippen LogP) is 1.66. The van der Waals surface area contributed by atoms with Gasteiger partial charge in [-0.25, -0.2) is 4.90 Å². The summed E-state index contributed by atoms with van der Waals surface area (Å²) in [6, 6.07) is 18.1. The van der Waals surface area contributed by atoms with E-state index in [1.807, 2.05) is 36.4 Å². The van der Waals surface area contributed by atoms with Crippen LogP contribution in [-0.2, 0) is 9.59 Å². The zero-order valence-corrected chi connectivity index (χ0v) is 12.9. The van der Waals surface area contributed by atoms with Gasteiger partial charge in [-0.2, -0.15) is 0 Å². The summed E-state index contributed by atoms with van der Waals surface area (Å²) in [6.45, 7) is 0.222. The highest BCUT2D eigenvalue weighted by atomic mass is 16.3. The van der Waals surface area contributed by atoms with Crippen LogP contribution in [0.15, 0.2) is 65.7 Å². The van der Waals surface area contributed by atoms with Gasteiger partial charge in [0, 0.05) is 0 Å². The molecule has 2 aliphatic rings. The summed E-state index contributed by atoms with van der Waals surface area (Å²) < 4.78 is 0. The number of anilines is 1. The quantitative estimate of drug-likeness (QED) is 0.856. The van der Waals surface area contributed by atoms with Crippen LogP contribution >= 0.6 is 0 Å². The van der Waals surface area contributed by atoms with E-state index in [0.717, 1.165) is 5.56 Å². The number of nitrogens with zero attached hydrogens (tertiary/aromatic N) is 2. The Morgan fingerprint density at radius 2 is 1.54 bits per heavy atom. The van der Waals surface area contributed by atoms with Crippen LogP contribution in [0.2, 0.25) is 0 Å². The Hall–Kier alpha value is -2.79. The number of aliphatic hydroxyl groups excluding tert-OH is 1. The molecule has 1 fully saturated rings. The molecule has 1 saturated heterocycles. The highest BCUT2D eigenvalue weighted by Gasteiger charge is 2.54. The lowest BCUT2D eigenvalue weighted by Gasteiger charge is -2.26. The zero-order chi connectivity index (χ0) is 16.7. The second kappa shape index (κ2) is 5.69. The van der Waals surface area contributed by atoms with Crippen LogP contribution in [0.5, 0.6) is 0 Å². The molecule has 0 saturated carbocycles. The predicted molar refractivity (Wildman–Crippen MR) is 89.8 cm³/mol. The summed E-state index contributed by atoms with van der Waals surface area (Å²) in [5.74, 6) is -2.01. The molecule has 2 aromatic rings. The van der Waals surface area contributed by atoms with E-state index in [1.54, 1.807) is 24.3 Å².